The summed E-state index contributed by atoms with van der Waals surface area (Å²) in [5.41, 5.74) is 6.51. The van der Waals surface area contributed by atoms with Gasteiger partial charge in [-0.2, -0.15) is 0 Å². The third kappa shape index (κ3) is 2.49. The van der Waals surface area contributed by atoms with Crippen LogP contribution in [-0.4, -0.2) is 16.3 Å². The zero-order valence-corrected chi connectivity index (χ0v) is 7.27. The monoisotopic (exact) mass is 179 g/mol. The highest BCUT2D eigenvalue weighted by Crippen LogP contribution is 2.25. The van der Waals surface area contributed by atoms with Crippen molar-refractivity contribution in [1.82, 2.24) is 0 Å². The fraction of sp³-hybridized carbons (Fsp3) is 0.200. The Labute approximate surface area is 77.1 Å². The summed E-state index contributed by atoms with van der Waals surface area (Å²) in [6.45, 7) is 3.56. The molecule has 0 saturated heterocycles. The molecule has 0 aromatic heterocycles. The molecule has 3 nitrogen and oxygen atoms in total. The van der Waals surface area contributed by atoms with Gasteiger partial charge in [0.2, 0.25) is 0 Å². The minimum absolute atomic E-state index is 0.115. The van der Waals surface area contributed by atoms with Crippen molar-refractivity contribution in [2.24, 2.45) is 5.73 Å². The number of phenols is 2. The molecule has 0 heterocycles. The van der Waals surface area contributed by atoms with Crippen LogP contribution in [0.2, 0.25) is 0 Å². The minimum Gasteiger partial charge on any atom is -0.504 e. The molecule has 0 bridgehead atoms. The number of nitrogens with two attached hydrogens (primary N) is 1. The van der Waals surface area contributed by atoms with Gasteiger partial charge in [-0.3, -0.25) is 0 Å². The molecule has 1 atom stereocenters. The summed E-state index contributed by atoms with van der Waals surface area (Å²) in [7, 11) is 0. The topological polar surface area (TPSA) is 66.5 Å². The fourth-order valence-electron chi connectivity index (χ4n) is 1.05. The summed E-state index contributed by atoms with van der Waals surface area (Å²) in [6, 6.07) is 4.54. The van der Waals surface area contributed by atoms with Gasteiger partial charge in [0, 0.05) is 6.04 Å². The zero-order chi connectivity index (χ0) is 9.84. The second kappa shape index (κ2) is 3.96. The third-order valence-corrected chi connectivity index (χ3v) is 1.81. The Kier molecular flexibility index (Phi) is 2.93. The van der Waals surface area contributed by atoms with Crippen LogP contribution in [0.3, 0.4) is 0 Å². The van der Waals surface area contributed by atoms with E-state index < -0.39 is 0 Å². The molecule has 0 aliphatic carbocycles. The molecule has 1 unspecified atom stereocenters. The van der Waals surface area contributed by atoms with Crippen molar-refractivity contribution >= 4 is 0 Å². The maximum absolute atomic E-state index is 9.17. The average molecular weight is 179 g/mol. The van der Waals surface area contributed by atoms with Gasteiger partial charge >= 0.3 is 0 Å². The molecule has 13 heavy (non-hydrogen) atoms. The normalized spacial score (nSPS) is 12.4. The zero-order valence-electron chi connectivity index (χ0n) is 7.27. The van der Waals surface area contributed by atoms with Crippen LogP contribution in [0.4, 0.5) is 0 Å². The predicted molar refractivity (Wildman–Crippen MR) is 51.6 cm³/mol. The van der Waals surface area contributed by atoms with Crippen LogP contribution in [0.15, 0.2) is 30.9 Å². The highest BCUT2D eigenvalue weighted by molar-refractivity contribution is 5.40. The van der Waals surface area contributed by atoms with E-state index in [4.69, 9.17) is 15.9 Å². The molecule has 4 N–H and O–H groups in total. The van der Waals surface area contributed by atoms with Gasteiger partial charge in [-0.05, 0) is 24.1 Å². The van der Waals surface area contributed by atoms with Crippen molar-refractivity contribution in [1.29, 1.82) is 0 Å². The van der Waals surface area contributed by atoms with E-state index in [9.17, 15) is 0 Å². The number of hydrogen-bond acceptors (Lipinski definition) is 3. The van der Waals surface area contributed by atoms with Crippen LogP contribution in [0.5, 0.6) is 11.5 Å². The van der Waals surface area contributed by atoms with E-state index in [-0.39, 0.29) is 17.5 Å². The molecule has 70 valence electrons. The smallest absolute Gasteiger partial charge is 0.157 e. The Morgan fingerprint density at radius 1 is 1.38 bits per heavy atom. The first kappa shape index (κ1) is 9.61. The van der Waals surface area contributed by atoms with E-state index in [1.165, 1.54) is 12.1 Å². The van der Waals surface area contributed by atoms with Crippen LogP contribution in [0.25, 0.3) is 0 Å². The molecule has 0 fully saturated rings. The maximum Gasteiger partial charge on any atom is 0.157 e. The second-order valence-corrected chi connectivity index (χ2v) is 2.93. The summed E-state index contributed by atoms with van der Waals surface area (Å²) in [5.74, 6) is -0.232. The number of benzene rings is 1. The Hall–Kier alpha value is -1.48. The highest BCUT2D eigenvalue weighted by atomic mass is 16.3. The van der Waals surface area contributed by atoms with E-state index in [1.54, 1.807) is 12.1 Å². The van der Waals surface area contributed by atoms with E-state index in [0.717, 1.165) is 5.56 Å². The Morgan fingerprint density at radius 3 is 2.62 bits per heavy atom. The lowest BCUT2D eigenvalue weighted by Gasteiger charge is -2.06. The molecule has 0 saturated carbocycles. The van der Waals surface area contributed by atoms with E-state index in [1.807, 2.05) is 0 Å². The molecule has 0 radical (unpaired) electrons. The maximum atomic E-state index is 9.17. The molecule has 1 aromatic carbocycles. The lowest BCUT2D eigenvalue weighted by atomic mass is 10.1. The first-order valence-electron chi connectivity index (χ1n) is 4.02. The minimum atomic E-state index is -0.121. The number of hydrogen-bond donors (Lipinski definition) is 3. The molecule has 3 heteroatoms. The lowest BCUT2D eigenvalue weighted by Crippen LogP contribution is -2.19. The van der Waals surface area contributed by atoms with Crippen LogP contribution < -0.4 is 5.73 Å². The summed E-state index contributed by atoms with van der Waals surface area (Å²) < 4.78 is 0. The van der Waals surface area contributed by atoms with E-state index in [0.29, 0.717) is 6.42 Å². The van der Waals surface area contributed by atoms with E-state index in [2.05, 4.69) is 6.58 Å². The molecule has 1 rings (SSSR count). The molecule has 0 aliphatic rings. The fourth-order valence-corrected chi connectivity index (χ4v) is 1.05. The second-order valence-electron chi connectivity index (χ2n) is 2.93. The Bertz CT molecular complexity index is 310. The number of aromatic hydroxyl groups is 2. The van der Waals surface area contributed by atoms with Gasteiger partial charge < -0.3 is 15.9 Å². The third-order valence-electron chi connectivity index (χ3n) is 1.81. The van der Waals surface area contributed by atoms with Crippen LogP contribution in [0, 0.1) is 0 Å². The van der Waals surface area contributed by atoms with Gasteiger partial charge in [0.15, 0.2) is 11.5 Å². The summed E-state index contributed by atoms with van der Waals surface area (Å²) in [5, 5.41) is 18.2. The lowest BCUT2D eigenvalue weighted by molar-refractivity contribution is 0.403. The largest absolute Gasteiger partial charge is 0.504 e. The van der Waals surface area contributed by atoms with Gasteiger partial charge in [-0.1, -0.05) is 12.1 Å². The number of phenolic OH excluding ortho intramolecular Hbond substituents is 2. The highest BCUT2D eigenvalue weighted by Gasteiger charge is 2.03. The Balaban J connectivity index is 2.79. The quantitative estimate of drug-likeness (QED) is 0.481. The average Bonchev–Trinajstić information content (AvgIpc) is 2.11. The first-order chi connectivity index (χ1) is 6.13. The SMILES string of the molecule is C=CC(N)Cc1ccc(O)c(O)c1. The van der Waals surface area contributed by atoms with Crippen LogP contribution in [0.1, 0.15) is 5.56 Å². The summed E-state index contributed by atoms with van der Waals surface area (Å²) >= 11 is 0. The van der Waals surface area contributed by atoms with Gasteiger partial charge in [0.1, 0.15) is 0 Å². The standard InChI is InChI=1S/C10H13NO2/c1-2-8(11)5-7-3-4-9(12)10(13)6-7/h2-4,6,8,12-13H,1,5,11H2. The summed E-state index contributed by atoms with van der Waals surface area (Å²) in [6.07, 6.45) is 2.25. The number of rotatable bonds is 3. The molecule has 0 amide bonds. The molecule has 0 aliphatic heterocycles. The first-order valence-corrected chi connectivity index (χ1v) is 4.02. The van der Waals surface area contributed by atoms with Crippen LogP contribution >= 0.6 is 0 Å². The Morgan fingerprint density at radius 2 is 2.08 bits per heavy atom. The van der Waals surface area contributed by atoms with Gasteiger partial charge in [0.05, 0.1) is 0 Å². The van der Waals surface area contributed by atoms with Crippen molar-refractivity contribution in [3.05, 3.63) is 36.4 Å². The van der Waals surface area contributed by atoms with Gasteiger partial charge in [0.25, 0.3) is 0 Å². The van der Waals surface area contributed by atoms with Crippen molar-refractivity contribution in [2.45, 2.75) is 12.5 Å². The predicted octanol–water partition coefficient (Wildman–Crippen LogP) is 1.15. The van der Waals surface area contributed by atoms with Crippen molar-refractivity contribution in [3.8, 4) is 11.5 Å². The van der Waals surface area contributed by atoms with Crippen LogP contribution in [-0.2, 0) is 6.42 Å². The van der Waals surface area contributed by atoms with Crippen molar-refractivity contribution in [2.75, 3.05) is 0 Å². The molecule has 1 aromatic rings. The summed E-state index contributed by atoms with van der Waals surface area (Å²) in [4.78, 5) is 0. The van der Waals surface area contributed by atoms with Gasteiger partial charge in [-0.25, -0.2) is 0 Å². The van der Waals surface area contributed by atoms with Gasteiger partial charge in [-0.15, -0.1) is 6.58 Å². The van der Waals surface area contributed by atoms with E-state index >= 15 is 0 Å². The van der Waals surface area contributed by atoms with Crippen molar-refractivity contribution in [3.63, 3.8) is 0 Å². The molecule has 0 spiro atoms. The van der Waals surface area contributed by atoms with Crippen molar-refractivity contribution < 1.29 is 10.2 Å². The molecular weight excluding hydrogens is 166 g/mol. The molecular formula is C10H13NO2.